The van der Waals surface area contributed by atoms with Crippen molar-refractivity contribution in [3.8, 4) is 6.07 Å². The largest absolute Gasteiger partial charge is 0.462 e. The number of amides is 1. The summed E-state index contributed by atoms with van der Waals surface area (Å²) in [6.45, 7) is 1.88. The van der Waals surface area contributed by atoms with Gasteiger partial charge in [0.15, 0.2) is 0 Å². The molecule has 0 unspecified atom stereocenters. The van der Waals surface area contributed by atoms with Gasteiger partial charge in [0, 0.05) is 10.4 Å². The van der Waals surface area contributed by atoms with E-state index >= 15 is 0 Å². The van der Waals surface area contributed by atoms with Crippen LogP contribution >= 0.6 is 11.3 Å². The molecule has 2 aromatic rings. The van der Waals surface area contributed by atoms with Gasteiger partial charge >= 0.3 is 5.97 Å². The molecule has 0 spiro atoms. The van der Waals surface area contributed by atoms with E-state index in [0.29, 0.717) is 12.0 Å². The van der Waals surface area contributed by atoms with Gasteiger partial charge in [-0.3, -0.25) is 4.79 Å². The van der Waals surface area contributed by atoms with Crippen LogP contribution in [-0.2, 0) is 22.4 Å². The maximum Gasteiger partial charge on any atom is 0.341 e. The predicted molar refractivity (Wildman–Crippen MR) is 105 cm³/mol. The summed E-state index contributed by atoms with van der Waals surface area (Å²) in [4.78, 5) is 26.1. The van der Waals surface area contributed by atoms with Crippen LogP contribution in [0.3, 0.4) is 0 Å². The highest BCUT2D eigenvalue weighted by Gasteiger charge is 2.28. The molecule has 0 radical (unpaired) electrons. The van der Waals surface area contributed by atoms with E-state index in [1.807, 2.05) is 0 Å². The molecule has 8 heteroatoms. The van der Waals surface area contributed by atoms with E-state index in [1.54, 1.807) is 13.0 Å². The molecule has 0 atom stereocenters. The number of carbonyl (C=O) groups excluding carboxylic acids is 2. The number of thiophene rings is 1. The molecule has 0 aliphatic heterocycles. The summed E-state index contributed by atoms with van der Waals surface area (Å²) in [6.07, 6.45) is 4.27. The zero-order valence-corrected chi connectivity index (χ0v) is 16.5. The first-order chi connectivity index (χ1) is 14.0. The summed E-state index contributed by atoms with van der Waals surface area (Å²) in [7, 11) is 0. The van der Waals surface area contributed by atoms with Crippen molar-refractivity contribution >= 4 is 34.3 Å². The molecule has 1 aromatic carbocycles. The summed E-state index contributed by atoms with van der Waals surface area (Å²) in [5.74, 6) is -3.15. The Morgan fingerprint density at radius 3 is 2.62 bits per heavy atom. The lowest BCUT2D eigenvalue weighted by atomic mass is 9.95. The van der Waals surface area contributed by atoms with E-state index < -0.39 is 34.6 Å². The van der Waals surface area contributed by atoms with E-state index in [2.05, 4.69) is 5.32 Å². The van der Waals surface area contributed by atoms with Gasteiger partial charge in [0.25, 0.3) is 5.91 Å². The monoisotopic (exact) mass is 416 g/mol. The predicted octanol–water partition coefficient (Wildman–Crippen LogP) is 4.63. The molecule has 5 nitrogen and oxygen atoms in total. The Bertz CT molecular complexity index is 1020. The van der Waals surface area contributed by atoms with Crippen LogP contribution in [0.15, 0.2) is 23.8 Å². The van der Waals surface area contributed by atoms with Crippen LogP contribution in [0.1, 0.15) is 46.1 Å². The second kappa shape index (κ2) is 8.97. The lowest BCUT2D eigenvalue weighted by Gasteiger charge is -2.12. The molecule has 0 saturated heterocycles. The molecule has 1 amide bonds. The van der Waals surface area contributed by atoms with Gasteiger partial charge < -0.3 is 10.1 Å². The molecule has 0 bridgehead atoms. The van der Waals surface area contributed by atoms with Crippen LogP contribution in [-0.4, -0.2) is 18.5 Å². The standard InChI is InChI=1S/C21H18F2N2O3S/c1-2-28-21(27)18-13-6-3-4-9-17(13)29-20(18)25-19(26)12(11-24)10-14-15(22)7-5-8-16(14)23/h5,7-8,10H,2-4,6,9H2,1H3,(H,25,26). The number of anilines is 1. The highest BCUT2D eigenvalue weighted by atomic mass is 32.1. The normalized spacial score (nSPS) is 13.4. The first kappa shape index (κ1) is 20.7. The zero-order valence-electron chi connectivity index (χ0n) is 15.7. The number of hydrogen-bond acceptors (Lipinski definition) is 5. The third-order valence-electron chi connectivity index (χ3n) is 4.53. The Kier molecular flexibility index (Phi) is 6.39. The molecule has 0 saturated carbocycles. The van der Waals surface area contributed by atoms with Crippen LogP contribution < -0.4 is 5.32 Å². The van der Waals surface area contributed by atoms with E-state index in [4.69, 9.17) is 4.74 Å². The Hall–Kier alpha value is -3.05. The van der Waals surface area contributed by atoms with Crippen molar-refractivity contribution in [2.45, 2.75) is 32.6 Å². The van der Waals surface area contributed by atoms with Crippen molar-refractivity contribution in [3.05, 3.63) is 57.0 Å². The maximum atomic E-state index is 13.9. The van der Waals surface area contributed by atoms with Crippen LogP contribution in [0.5, 0.6) is 0 Å². The second-order valence-electron chi connectivity index (χ2n) is 6.39. The Morgan fingerprint density at radius 1 is 1.28 bits per heavy atom. The Labute approximate surface area is 170 Å². The van der Waals surface area contributed by atoms with Gasteiger partial charge in [-0.2, -0.15) is 5.26 Å². The maximum absolute atomic E-state index is 13.9. The van der Waals surface area contributed by atoms with Gasteiger partial charge in [-0.1, -0.05) is 6.07 Å². The molecule has 1 N–H and O–H groups in total. The highest BCUT2D eigenvalue weighted by molar-refractivity contribution is 7.17. The topological polar surface area (TPSA) is 79.2 Å². The van der Waals surface area contributed by atoms with Gasteiger partial charge in [0.2, 0.25) is 0 Å². The summed E-state index contributed by atoms with van der Waals surface area (Å²) in [5, 5.41) is 12.2. The number of carbonyl (C=O) groups is 2. The minimum absolute atomic E-state index is 0.187. The number of halogens is 2. The molecule has 150 valence electrons. The van der Waals surface area contributed by atoms with Crippen LogP contribution in [0, 0.1) is 23.0 Å². The summed E-state index contributed by atoms with van der Waals surface area (Å²) < 4.78 is 32.9. The average Bonchev–Trinajstić information content (AvgIpc) is 3.05. The molecule has 1 aliphatic rings. The molecule has 1 aromatic heterocycles. The number of fused-ring (bicyclic) bond motifs is 1. The fourth-order valence-electron chi connectivity index (χ4n) is 3.19. The van der Waals surface area contributed by atoms with E-state index in [1.165, 1.54) is 17.4 Å². The van der Waals surface area contributed by atoms with Crippen LogP contribution in [0.4, 0.5) is 13.8 Å². The van der Waals surface area contributed by atoms with Crippen molar-refractivity contribution in [2.24, 2.45) is 0 Å². The van der Waals surface area contributed by atoms with Gasteiger partial charge in [0.05, 0.1) is 12.2 Å². The minimum Gasteiger partial charge on any atom is -0.462 e. The third-order valence-corrected chi connectivity index (χ3v) is 5.74. The molecule has 0 fully saturated rings. The van der Waals surface area contributed by atoms with Crippen LogP contribution in [0.25, 0.3) is 6.08 Å². The summed E-state index contributed by atoms with van der Waals surface area (Å²) >= 11 is 1.27. The molecular weight excluding hydrogens is 398 g/mol. The molecular formula is C21H18F2N2O3S. The van der Waals surface area contributed by atoms with Crippen molar-refractivity contribution in [2.75, 3.05) is 11.9 Å². The van der Waals surface area contributed by atoms with Crippen molar-refractivity contribution in [1.29, 1.82) is 5.26 Å². The van der Waals surface area contributed by atoms with Gasteiger partial charge in [0.1, 0.15) is 28.3 Å². The highest BCUT2D eigenvalue weighted by Crippen LogP contribution is 2.38. The Balaban J connectivity index is 1.95. The number of nitrogens with zero attached hydrogens (tertiary/aromatic N) is 1. The van der Waals surface area contributed by atoms with E-state index in [9.17, 15) is 23.6 Å². The van der Waals surface area contributed by atoms with E-state index in [0.717, 1.165) is 47.9 Å². The van der Waals surface area contributed by atoms with E-state index in [-0.39, 0.29) is 11.6 Å². The smallest absolute Gasteiger partial charge is 0.341 e. The number of aryl methyl sites for hydroxylation is 1. The average molecular weight is 416 g/mol. The minimum atomic E-state index is -0.885. The summed E-state index contributed by atoms with van der Waals surface area (Å²) in [5.41, 5.74) is 0.206. The van der Waals surface area contributed by atoms with Crippen molar-refractivity contribution < 1.29 is 23.1 Å². The fourth-order valence-corrected chi connectivity index (χ4v) is 4.46. The third kappa shape index (κ3) is 4.35. The first-order valence-electron chi connectivity index (χ1n) is 9.15. The number of nitriles is 1. The van der Waals surface area contributed by atoms with Gasteiger partial charge in [-0.15, -0.1) is 11.3 Å². The SMILES string of the molecule is CCOC(=O)c1c(NC(=O)C(C#N)=Cc2c(F)cccc2F)sc2c1CCCC2. The molecule has 3 rings (SSSR count). The molecule has 1 heterocycles. The lowest BCUT2D eigenvalue weighted by Crippen LogP contribution is -2.16. The number of nitrogens with one attached hydrogen (secondary N) is 1. The van der Waals surface area contributed by atoms with Crippen molar-refractivity contribution in [1.82, 2.24) is 0 Å². The first-order valence-corrected chi connectivity index (χ1v) is 9.96. The number of esters is 1. The Morgan fingerprint density at radius 2 is 1.97 bits per heavy atom. The lowest BCUT2D eigenvalue weighted by molar-refractivity contribution is -0.112. The second-order valence-corrected chi connectivity index (χ2v) is 7.50. The van der Waals surface area contributed by atoms with Crippen LogP contribution in [0.2, 0.25) is 0 Å². The number of rotatable bonds is 5. The van der Waals surface area contributed by atoms with Gasteiger partial charge in [-0.05, 0) is 56.4 Å². The number of ether oxygens (including phenoxy) is 1. The van der Waals surface area contributed by atoms with Crippen molar-refractivity contribution in [3.63, 3.8) is 0 Å². The quantitative estimate of drug-likeness (QED) is 0.438. The van der Waals surface area contributed by atoms with Gasteiger partial charge in [-0.25, -0.2) is 13.6 Å². The zero-order chi connectivity index (χ0) is 21.0. The number of benzene rings is 1. The number of hydrogen-bond donors (Lipinski definition) is 1. The molecule has 1 aliphatic carbocycles. The molecule has 29 heavy (non-hydrogen) atoms. The fraction of sp³-hybridized carbons (Fsp3) is 0.286. The summed E-state index contributed by atoms with van der Waals surface area (Å²) in [6, 6.07) is 4.93.